The summed E-state index contributed by atoms with van der Waals surface area (Å²) in [6, 6.07) is 21.5. The number of aryl methyl sites for hydroxylation is 2. The van der Waals surface area contributed by atoms with E-state index >= 15 is 0 Å². The first-order chi connectivity index (χ1) is 16.4. The van der Waals surface area contributed by atoms with E-state index in [1.165, 1.54) is 10.8 Å². The molecule has 0 unspecified atom stereocenters. The molecule has 0 bridgehead atoms. The van der Waals surface area contributed by atoms with Gasteiger partial charge in [-0.3, -0.25) is 4.79 Å². The van der Waals surface area contributed by atoms with Crippen molar-refractivity contribution in [1.29, 1.82) is 5.26 Å². The van der Waals surface area contributed by atoms with Crippen molar-refractivity contribution < 1.29 is 14.3 Å². The third-order valence-corrected chi connectivity index (χ3v) is 5.96. The maximum Gasteiger partial charge on any atom is 0.289 e. The summed E-state index contributed by atoms with van der Waals surface area (Å²) >= 11 is 3.55. The summed E-state index contributed by atoms with van der Waals surface area (Å²) in [5.41, 5.74) is 3.01. The molecule has 0 aliphatic carbocycles. The van der Waals surface area contributed by atoms with Crippen LogP contribution in [0.4, 0.5) is 0 Å². The number of carbonyl (C=O) groups excluding carboxylic acids is 1. The predicted octanol–water partition coefficient (Wildman–Crippen LogP) is 6.25. The topological polar surface area (TPSA) is 77.1 Å². The van der Waals surface area contributed by atoms with E-state index in [9.17, 15) is 10.1 Å². The lowest BCUT2D eigenvalue weighted by atomic mass is 10.1. The number of nitrogens with zero attached hydrogens (tertiary/aromatic N) is 3. The Morgan fingerprint density at radius 2 is 1.91 bits per heavy atom. The molecule has 0 saturated carbocycles. The van der Waals surface area contributed by atoms with Crippen LogP contribution < -0.4 is 9.47 Å². The third-order valence-electron chi connectivity index (χ3n) is 5.37. The number of benzene rings is 3. The molecule has 6 nitrogen and oxygen atoms in total. The SMILES string of the molecule is COc1cc(/C=C(\C#N)C(=O)n2nc(C)cc2C)cc(Br)c1OCc1cccc2ccccc12. The maximum absolute atomic E-state index is 12.8. The smallest absolute Gasteiger partial charge is 0.289 e. The lowest BCUT2D eigenvalue weighted by Gasteiger charge is -2.15. The van der Waals surface area contributed by atoms with E-state index in [1.807, 2.05) is 30.3 Å². The van der Waals surface area contributed by atoms with Crippen LogP contribution >= 0.6 is 15.9 Å². The molecule has 34 heavy (non-hydrogen) atoms. The number of nitriles is 1. The first kappa shape index (κ1) is 23.3. The van der Waals surface area contributed by atoms with Crippen molar-refractivity contribution in [3.8, 4) is 17.6 Å². The van der Waals surface area contributed by atoms with Crippen LogP contribution in [0, 0.1) is 25.2 Å². The summed E-state index contributed by atoms with van der Waals surface area (Å²) in [6.07, 6.45) is 1.51. The molecule has 0 atom stereocenters. The molecule has 4 aromatic rings. The second kappa shape index (κ2) is 9.94. The van der Waals surface area contributed by atoms with Crippen molar-refractivity contribution in [1.82, 2.24) is 9.78 Å². The highest BCUT2D eigenvalue weighted by molar-refractivity contribution is 9.10. The molecule has 0 spiro atoms. The van der Waals surface area contributed by atoms with E-state index < -0.39 is 5.91 Å². The maximum atomic E-state index is 12.8. The van der Waals surface area contributed by atoms with Crippen LogP contribution in [0.3, 0.4) is 0 Å². The summed E-state index contributed by atoms with van der Waals surface area (Å²) in [6.45, 7) is 3.92. The molecule has 1 heterocycles. The molecule has 0 aliphatic rings. The zero-order chi connectivity index (χ0) is 24.2. The highest BCUT2D eigenvalue weighted by Crippen LogP contribution is 2.38. The van der Waals surface area contributed by atoms with Gasteiger partial charge >= 0.3 is 0 Å². The van der Waals surface area contributed by atoms with Gasteiger partial charge in [-0.1, -0.05) is 42.5 Å². The highest BCUT2D eigenvalue weighted by Gasteiger charge is 2.17. The van der Waals surface area contributed by atoms with Crippen LogP contribution in [0.25, 0.3) is 16.8 Å². The van der Waals surface area contributed by atoms with Crippen molar-refractivity contribution in [3.05, 3.63) is 93.2 Å². The molecular formula is C27H22BrN3O3. The van der Waals surface area contributed by atoms with Crippen molar-refractivity contribution in [3.63, 3.8) is 0 Å². The summed E-state index contributed by atoms with van der Waals surface area (Å²) < 4.78 is 13.6. The summed E-state index contributed by atoms with van der Waals surface area (Å²) in [5, 5.41) is 16.1. The van der Waals surface area contributed by atoms with Crippen molar-refractivity contribution >= 4 is 38.7 Å². The first-order valence-electron chi connectivity index (χ1n) is 10.6. The lowest BCUT2D eigenvalue weighted by molar-refractivity contribution is 0.0943. The Balaban J connectivity index is 1.63. The Bertz CT molecular complexity index is 1460. The molecule has 0 radical (unpaired) electrons. The van der Waals surface area contributed by atoms with Gasteiger partial charge in [-0.05, 0) is 76.0 Å². The van der Waals surface area contributed by atoms with E-state index in [0.29, 0.717) is 39.5 Å². The Labute approximate surface area is 206 Å². The fraction of sp³-hybridized carbons (Fsp3) is 0.148. The lowest BCUT2D eigenvalue weighted by Crippen LogP contribution is -2.15. The molecule has 7 heteroatoms. The minimum absolute atomic E-state index is 0.0374. The molecule has 0 aliphatic heterocycles. The van der Waals surface area contributed by atoms with E-state index in [4.69, 9.17) is 9.47 Å². The van der Waals surface area contributed by atoms with E-state index in [2.05, 4.69) is 39.2 Å². The van der Waals surface area contributed by atoms with E-state index in [-0.39, 0.29) is 5.57 Å². The molecule has 0 N–H and O–H groups in total. The van der Waals surface area contributed by atoms with Crippen LogP contribution in [0.15, 0.2) is 70.7 Å². The number of carbonyl (C=O) groups is 1. The third kappa shape index (κ3) is 4.73. The number of hydrogen-bond donors (Lipinski definition) is 0. The predicted molar refractivity (Wildman–Crippen MR) is 135 cm³/mol. The number of allylic oxidation sites excluding steroid dienone is 1. The molecular weight excluding hydrogens is 494 g/mol. The Morgan fingerprint density at radius 3 is 2.62 bits per heavy atom. The highest BCUT2D eigenvalue weighted by atomic mass is 79.9. The van der Waals surface area contributed by atoms with Gasteiger partial charge in [0.1, 0.15) is 18.2 Å². The second-order valence-electron chi connectivity index (χ2n) is 7.77. The molecule has 4 rings (SSSR count). The minimum Gasteiger partial charge on any atom is -0.493 e. The minimum atomic E-state index is -0.487. The van der Waals surface area contributed by atoms with Crippen molar-refractivity contribution in [2.45, 2.75) is 20.5 Å². The number of hydrogen-bond acceptors (Lipinski definition) is 5. The Morgan fingerprint density at radius 1 is 1.15 bits per heavy atom. The van der Waals surface area contributed by atoms with E-state index in [1.54, 1.807) is 39.2 Å². The van der Waals surface area contributed by atoms with Crippen molar-refractivity contribution in [2.75, 3.05) is 7.11 Å². The zero-order valence-corrected chi connectivity index (χ0v) is 20.6. The second-order valence-corrected chi connectivity index (χ2v) is 8.63. The number of rotatable bonds is 6. The van der Waals surface area contributed by atoms with Gasteiger partial charge in [0.05, 0.1) is 17.3 Å². The molecule has 3 aromatic carbocycles. The number of methoxy groups -OCH3 is 1. The number of aromatic nitrogens is 2. The van der Waals surface area contributed by atoms with E-state index in [0.717, 1.165) is 16.3 Å². The van der Waals surface area contributed by atoms with Gasteiger partial charge in [-0.2, -0.15) is 10.4 Å². The van der Waals surface area contributed by atoms with Crippen LogP contribution in [-0.2, 0) is 6.61 Å². The van der Waals surface area contributed by atoms with Gasteiger partial charge in [0, 0.05) is 5.69 Å². The molecule has 1 aromatic heterocycles. The summed E-state index contributed by atoms with van der Waals surface area (Å²) in [4.78, 5) is 12.8. The Hall–Kier alpha value is -3.89. The average Bonchev–Trinajstić information content (AvgIpc) is 3.18. The fourth-order valence-electron chi connectivity index (χ4n) is 3.79. The number of halogens is 1. The summed E-state index contributed by atoms with van der Waals surface area (Å²) in [7, 11) is 1.55. The monoisotopic (exact) mass is 515 g/mol. The van der Waals surface area contributed by atoms with Crippen LogP contribution in [0.2, 0.25) is 0 Å². The van der Waals surface area contributed by atoms with Gasteiger partial charge in [0.15, 0.2) is 11.5 Å². The average molecular weight is 516 g/mol. The van der Waals surface area contributed by atoms with Crippen LogP contribution in [-0.4, -0.2) is 22.8 Å². The van der Waals surface area contributed by atoms with Gasteiger partial charge in [-0.25, -0.2) is 4.68 Å². The number of fused-ring (bicyclic) bond motifs is 1. The number of ether oxygens (including phenoxy) is 2. The van der Waals surface area contributed by atoms with Gasteiger partial charge in [0.2, 0.25) is 0 Å². The molecule has 0 saturated heterocycles. The van der Waals surface area contributed by atoms with Crippen LogP contribution in [0.1, 0.15) is 27.3 Å². The zero-order valence-electron chi connectivity index (χ0n) is 19.0. The van der Waals surface area contributed by atoms with Gasteiger partial charge in [-0.15, -0.1) is 0 Å². The standard InChI is InChI=1S/C27H22BrN3O3/c1-17-11-18(2)31(30-17)27(32)22(15-29)12-19-13-24(28)26(25(14-19)33-3)34-16-21-9-6-8-20-7-4-5-10-23(20)21/h4-14H,16H2,1-3H3/b22-12+. The first-order valence-corrected chi connectivity index (χ1v) is 11.4. The van der Waals surface area contributed by atoms with Gasteiger partial charge < -0.3 is 9.47 Å². The quantitative estimate of drug-likeness (QED) is 0.224. The molecule has 0 amide bonds. The van der Waals surface area contributed by atoms with Crippen LogP contribution in [0.5, 0.6) is 11.5 Å². The normalized spacial score (nSPS) is 11.3. The fourth-order valence-corrected chi connectivity index (χ4v) is 4.36. The molecule has 170 valence electrons. The van der Waals surface area contributed by atoms with Crippen molar-refractivity contribution in [2.24, 2.45) is 0 Å². The summed E-state index contributed by atoms with van der Waals surface area (Å²) in [5.74, 6) is 0.534. The largest absolute Gasteiger partial charge is 0.493 e. The molecule has 0 fully saturated rings. The Kier molecular flexibility index (Phi) is 6.80. The van der Waals surface area contributed by atoms with Gasteiger partial charge in [0.25, 0.3) is 5.91 Å².